The quantitative estimate of drug-likeness (QED) is 0.780. The minimum absolute atomic E-state index is 0.0191. The van der Waals surface area contributed by atoms with Gasteiger partial charge in [-0.1, -0.05) is 16.6 Å². The first-order valence-electron chi connectivity index (χ1n) is 4.60. The Hall–Kier alpha value is -2.30. The average Bonchev–Trinajstić information content (AvgIpc) is 2.39. The summed E-state index contributed by atoms with van der Waals surface area (Å²) in [6.45, 7) is 0. The molecular weight excluding hydrogens is 209 g/mol. The van der Waals surface area contributed by atoms with Crippen LogP contribution in [0.1, 0.15) is 10.5 Å². The number of hydrogen-bond donors (Lipinski definition) is 1. The highest BCUT2D eigenvalue weighted by atomic mass is 19.2. The van der Waals surface area contributed by atoms with E-state index in [-0.39, 0.29) is 5.69 Å². The van der Waals surface area contributed by atoms with Crippen LogP contribution in [0.3, 0.4) is 0 Å². The summed E-state index contributed by atoms with van der Waals surface area (Å²) in [7, 11) is 0. The molecule has 0 aliphatic heterocycles. The van der Waals surface area contributed by atoms with Crippen molar-refractivity contribution in [2.75, 3.05) is 0 Å². The third-order valence-corrected chi connectivity index (χ3v) is 1.99. The summed E-state index contributed by atoms with van der Waals surface area (Å²) in [6, 6.07) is 10.1. The number of aromatic nitrogens is 2. The third kappa shape index (κ3) is 2.03. The van der Waals surface area contributed by atoms with E-state index in [1.165, 1.54) is 6.07 Å². The highest BCUT2D eigenvalue weighted by molar-refractivity contribution is 5.91. The van der Waals surface area contributed by atoms with Gasteiger partial charge in [-0.15, -0.1) is 0 Å². The standard InChI is InChI=1S/C11H8FN3O/c12-15-11(16)10-6-3-5-9(14-10)8-4-1-2-7-13-8/h1-7H,(H,15,16). The van der Waals surface area contributed by atoms with Gasteiger partial charge in [0.15, 0.2) is 0 Å². The fourth-order valence-electron chi connectivity index (χ4n) is 1.27. The van der Waals surface area contributed by atoms with Crippen molar-refractivity contribution in [3.63, 3.8) is 0 Å². The van der Waals surface area contributed by atoms with Gasteiger partial charge < -0.3 is 0 Å². The summed E-state index contributed by atoms with van der Waals surface area (Å²) < 4.78 is 12.0. The van der Waals surface area contributed by atoms with Crippen molar-refractivity contribution in [3.8, 4) is 11.4 Å². The second kappa shape index (κ2) is 4.48. The van der Waals surface area contributed by atoms with E-state index < -0.39 is 5.91 Å². The maximum atomic E-state index is 12.0. The molecule has 80 valence electrons. The van der Waals surface area contributed by atoms with Crippen LogP contribution < -0.4 is 5.54 Å². The van der Waals surface area contributed by atoms with Gasteiger partial charge in [0.25, 0.3) is 5.91 Å². The summed E-state index contributed by atoms with van der Waals surface area (Å²) in [5, 5.41) is 0. The number of pyridine rings is 2. The van der Waals surface area contributed by atoms with E-state index in [4.69, 9.17) is 0 Å². The fourth-order valence-corrected chi connectivity index (χ4v) is 1.27. The molecule has 4 nitrogen and oxygen atoms in total. The molecule has 5 heteroatoms. The Kier molecular flexibility index (Phi) is 2.86. The van der Waals surface area contributed by atoms with Crippen LogP contribution in [-0.4, -0.2) is 15.9 Å². The van der Waals surface area contributed by atoms with Gasteiger partial charge in [-0.2, -0.15) is 5.54 Å². The molecule has 0 saturated carbocycles. The first-order valence-corrected chi connectivity index (χ1v) is 4.60. The van der Waals surface area contributed by atoms with Crippen molar-refractivity contribution in [1.82, 2.24) is 15.5 Å². The van der Waals surface area contributed by atoms with Crippen LogP contribution in [0.15, 0.2) is 42.6 Å². The lowest BCUT2D eigenvalue weighted by atomic mass is 10.2. The van der Waals surface area contributed by atoms with Gasteiger partial charge in [-0.05, 0) is 24.3 Å². The van der Waals surface area contributed by atoms with Crippen molar-refractivity contribution in [2.24, 2.45) is 0 Å². The monoisotopic (exact) mass is 217 g/mol. The minimum atomic E-state index is -0.863. The van der Waals surface area contributed by atoms with E-state index in [2.05, 4.69) is 9.97 Å². The van der Waals surface area contributed by atoms with Crippen LogP contribution in [0.2, 0.25) is 0 Å². The van der Waals surface area contributed by atoms with Gasteiger partial charge in [-0.3, -0.25) is 9.78 Å². The maximum Gasteiger partial charge on any atom is 0.297 e. The van der Waals surface area contributed by atoms with Crippen molar-refractivity contribution >= 4 is 5.91 Å². The lowest BCUT2D eigenvalue weighted by molar-refractivity contribution is 0.0854. The topological polar surface area (TPSA) is 54.9 Å². The molecule has 0 radical (unpaired) electrons. The maximum absolute atomic E-state index is 12.0. The first kappa shape index (κ1) is 10.2. The zero-order valence-electron chi connectivity index (χ0n) is 8.22. The molecule has 16 heavy (non-hydrogen) atoms. The molecule has 0 saturated heterocycles. The van der Waals surface area contributed by atoms with Gasteiger partial charge in [-0.25, -0.2) is 4.98 Å². The predicted octanol–water partition coefficient (Wildman–Crippen LogP) is 1.76. The lowest BCUT2D eigenvalue weighted by Gasteiger charge is -2.01. The average molecular weight is 217 g/mol. The highest BCUT2D eigenvalue weighted by Crippen LogP contribution is 2.13. The Morgan fingerprint density at radius 2 is 1.94 bits per heavy atom. The van der Waals surface area contributed by atoms with E-state index >= 15 is 0 Å². The molecule has 0 aromatic carbocycles. The Labute approximate surface area is 91.1 Å². The number of rotatable bonds is 2. The van der Waals surface area contributed by atoms with Gasteiger partial charge in [0, 0.05) is 6.20 Å². The van der Waals surface area contributed by atoms with Crippen LogP contribution in [0, 0.1) is 0 Å². The Bertz CT molecular complexity index is 502. The summed E-state index contributed by atoms with van der Waals surface area (Å²) in [5.74, 6) is -0.863. The van der Waals surface area contributed by atoms with E-state index in [1.54, 1.807) is 30.5 Å². The molecule has 1 amide bonds. The zero-order chi connectivity index (χ0) is 11.4. The number of carbonyl (C=O) groups excluding carboxylic acids is 1. The molecule has 0 atom stereocenters. The zero-order valence-corrected chi connectivity index (χ0v) is 8.22. The number of carbonyl (C=O) groups is 1. The van der Waals surface area contributed by atoms with E-state index in [0.717, 1.165) is 5.54 Å². The molecule has 2 aromatic rings. The van der Waals surface area contributed by atoms with Crippen molar-refractivity contribution in [3.05, 3.63) is 48.3 Å². The lowest BCUT2D eigenvalue weighted by Crippen LogP contribution is -2.15. The molecule has 0 spiro atoms. The van der Waals surface area contributed by atoms with Crippen LogP contribution >= 0.6 is 0 Å². The molecule has 2 rings (SSSR count). The molecule has 0 aliphatic rings. The largest absolute Gasteiger partial charge is 0.297 e. The number of nitrogens with one attached hydrogen (secondary N) is 1. The van der Waals surface area contributed by atoms with Crippen LogP contribution in [0.4, 0.5) is 4.48 Å². The smallest absolute Gasteiger partial charge is 0.265 e. The molecule has 0 fully saturated rings. The van der Waals surface area contributed by atoms with Gasteiger partial charge in [0.05, 0.1) is 11.4 Å². The number of amides is 1. The van der Waals surface area contributed by atoms with Gasteiger partial charge in [0.1, 0.15) is 5.69 Å². The Balaban J connectivity index is 2.40. The Morgan fingerprint density at radius 1 is 1.12 bits per heavy atom. The molecule has 2 aromatic heterocycles. The minimum Gasteiger partial charge on any atom is -0.265 e. The fraction of sp³-hybridized carbons (Fsp3) is 0. The Morgan fingerprint density at radius 3 is 2.62 bits per heavy atom. The summed E-state index contributed by atoms with van der Waals surface area (Å²) in [5.41, 5.74) is 2.22. The number of hydrogen-bond acceptors (Lipinski definition) is 3. The van der Waals surface area contributed by atoms with Crippen molar-refractivity contribution in [2.45, 2.75) is 0 Å². The second-order valence-corrected chi connectivity index (χ2v) is 3.05. The molecular formula is C11H8FN3O. The SMILES string of the molecule is O=C(NF)c1cccc(-c2ccccn2)n1. The molecule has 2 heterocycles. The molecule has 0 aliphatic carbocycles. The van der Waals surface area contributed by atoms with Crippen molar-refractivity contribution in [1.29, 1.82) is 0 Å². The van der Waals surface area contributed by atoms with Crippen LogP contribution in [0.25, 0.3) is 11.4 Å². The first-order chi connectivity index (χ1) is 7.81. The summed E-state index contributed by atoms with van der Waals surface area (Å²) in [6.07, 6.45) is 1.62. The number of nitrogens with zero attached hydrogens (tertiary/aromatic N) is 2. The molecule has 0 bridgehead atoms. The summed E-state index contributed by atoms with van der Waals surface area (Å²) >= 11 is 0. The van der Waals surface area contributed by atoms with E-state index in [1.807, 2.05) is 6.07 Å². The summed E-state index contributed by atoms with van der Waals surface area (Å²) in [4.78, 5) is 19.1. The van der Waals surface area contributed by atoms with Crippen LogP contribution in [-0.2, 0) is 0 Å². The molecule has 1 N–H and O–H groups in total. The third-order valence-electron chi connectivity index (χ3n) is 1.99. The highest BCUT2D eigenvalue weighted by Gasteiger charge is 2.08. The normalized spacial score (nSPS) is 9.81. The van der Waals surface area contributed by atoms with Crippen LogP contribution in [0.5, 0.6) is 0 Å². The van der Waals surface area contributed by atoms with E-state index in [9.17, 15) is 9.28 Å². The second-order valence-electron chi connectivity index (χ2n) is 3.05. The van der Waals surface area contributed by atoms with Gasteiger partial charge in [0.2, 0.25) is 0 Å². The van der Waals surface area contributed by atoms with E-state index in [0.29, 0.717) is 11.4 Å². The van der Waals surface area contributed by atoms with Gasteiger partial charge >= 0.3 is 0 Å². The molecule has 0 unspecified atom stereocenters. The number of halogens is 1. The van der Waals surface area contributed by atoms with Crippen molar-refractivity contribution < 1.29 is 9.28 Å². The predicted molar refractivity (Wildman–Crippen MR) is 56.0 cm³/mol.